The molecule has 29 heavy (non-hydrogen) atoms. The van der Waals surface area contributed by atoms with Crippen LogP contribution in [0.15, 0.2) is 52.4 Å². The Hall–Kier alpha value is -2.44. The van der Waals surface area contributed by atoms with Gasteiger partial charge in [-0.25, -0.2) is 0 Å². The molecule has 0 N–H and O–H groups in total. The number of thioether (sulfide) groups is 1. The maximum absolute atomic E-state index is 9.95. The summed E-state index contributed by atoms with van der Waals surface area (Å²) in [5.41, 5.74) is 7.46. The highest BCUT2D eigenvalue weighted by atomic mass is 32.2. The molecule has 2 aromatic carbocycles. The smallest absolute Gasteiger partial charge is 0.101 e. The third-order valence-electron chi connectivity index (χ3n) is 6.47. The summed E-state index contributed by atoms with van der Waals surface area (Å²) in [6.07, 6.45) is 10.4. The van der Waals surface area contributed by atoms with Gasteiger partial charge in [-0.05, 0) is 61.1 Å². The summed E-state index contributed by atoms with van der Waals surface area (Å²) in [6, 6.07) is 13.1. The van der Waals surface area contributed by atoms with Gasteiger partial charge in [-0.2, -0.15) is 5.26 Å². The van der Waals surface area contributed by atoms with E-state index in [0.29, 0.717) is 0 Å². The van der Waals surface area contributed by atoms with Gasteiger partial charge >= 0.3 is 0 Å². The van der Waals surface area contributed by atoms with Crippen LogP contribution in [-0.4, -0.2) is 10.8 Å². The molecule has 4 rings (SSSR count). The molecular formula is C26H28N2S. The largest absolute Gasteiger partial charge is 0.343 e. The second kappa shape index (κ2) is 7.43. The molecule has 0 radical (unpaired) electrons. The van der Waals surface area contributed by atoms with Gasteiger partial charge in [0.15, 0.2) is 0 Å². The van der Waals surface area contributed by atoms with Crippen molar-refractivity contribution in [3.63, 3.8) is 0 Å². The molecular weight excluding hydrogens is 372 g/mol. The molecule has 0 aliphatic heterocycles. The van der Waals surface area contributed by atoms with Crippen LogP contribution >= 0.6 is 11.8 Å². The Labute approximate surface area is 177 Å². The lowest BCUT2D eigenvalue weighted by Crippen LogP contribution is -2.18. The molecule has 1 heterocycles. The van der Waals surface area contributed by atoms with Crippen LogP contribution in [0.4, 0.5) is 0 Å². The Morgan fingerprint density at radius 2 is 1.97 bits per heavy atom. The molecule has 0 unspecified atom stereocenters. The maximum Gasteiger partial charge on any atom is 0.101 e. The fourth-order valence-electron chi connectivity index (χ4n) is 4.97. The second-order valence-electron chi connectivity index (χ2n) is 8.72. The Kier molecular flexibility index (Phi) is 5.09. The molecule has 0 bridgehead atoms. The zero-order chi connectivity index (χ0) is 20.8. The monoisotopic (exact) mass is 400 g/mol. The Balaban J connectivity index is 2.02. The van der Waals surface area contributed by atoms with Crippen molar-refractivity contribution in [1.82, 2.24) is 4.57 Å². The molecule has 0 saturated heterocycles. The molecule has 2 nitrogen and oxygen atoms in total. The van der Waals surface area contributed by atoms with Gasteiger partial charge in [-0.3, -0.25) is 0 Å². The summed E-state index contributed by atoms with van der Waals surface area (Å²) in [5.74, 6) is 0. The fraction of sp³-hybridized carbons (Fsp3) is 0.346. The van der Waals surface area contributed by atoms with Gasteiger partial charge in [-0.15, -0.1) is 11.8 Å². The summed E-state index contributed by atoms with van der Waals surface area (Å²) in [6.45, 7) is 6.99. The third kappa shape index (κ3) is 3.20. The van der Waals surface area contributed by atoms with E-state index in [2.05, 4.69) is 87.2 Å². The summed E-state index contributed by atoms with van der Waals surface area (Å²) in [7, 11) is 2.11. The van der Waals surface area contributed by atoms with E-state index in [1.165, 1.54) is 41.5 Å². The topological polar surface area (TPSA) is 28.7 Å². The van der Waals surface area contributed by atoms with Gasteiger partial charge in [0, 0.05) is 28.2 Å². The van der Waals surface area contributed by atoms with E-state index in [1.807, 2.05) is 0 Å². The van der Waals surface area contributed by atoms with Gasteiger partial charge in [0.2, 0.25) is 0 Å². The SMILES string of the molecule is CSc1cc(/C=C/C2=C(C)CCCC2(C)C)c2c(c1C#N)c1ccccc1n2C. The molecule has 1 aliphatic carbocycles. The number of allylic oxidation sites excluding steroid dienone is 3. The number of para-hydroxylation sites is 1. The standard InChI is InChI=1S/C26H28N2S/c1-17-9-8-14-26(2,3)21(17)13-12-18-15-23(29-5)20(16-27)24-19-10-6-7-11-22(19)28(4)25(18)24/h6-7,10-13,15H,8-9,14H2,1-5H3/b13-12+. The van der Waals surface area contributed by atoms with Crippen molar-refractivity contribution in [3.05, 3.63) is 58.7 Å². The van der Waals surface area contributed by atoms with Crippen molar-refractivity contribution < 1.29 is 0 Å². The highest BCUT2D eigenvalue weighted by Crippen LogP contribution is 2.42. The number of rotatable bonds is 3. The second-order valence-corrected chi connectivity index (χ2v) is 9.57. The lowest BCUT2D eigenvalue weighted by Gasteiger charge is -2.33. The van der Waals surface area contributed by atoms with Crippen LogP contribution < -0.4 is 0 Å². The number of fused-ring (bicyclic) bond motifs is 3. The van der Waals surface area contributed by atoms with Crippen molar-refractivity contribution in [2.24, 2.45) is 12.5 Å². The average molecular weight is 401 g/mol. The van der Waals surface area contributed by atoms with Gasteiger partial charge < -0.3 is 4.57 Å². The van der Waals surface area contributed by atoms with Gasteiger partial charge in [-0.1, -0.05) is 49.8 Å². The minimum atomic E-state index is 0.214. The van der Waals surface area contributed by atoms with E-state index in [-0.39, 0.29) is 5.41 Å². The van der Waals surface area contributed by atoms with Gasteiger partial charge in [0.25, 0.3) is 0 Å². The number of aryl methyl sites for hydroxylation is 1. The minimum Gasteiger partial charge on any atom is -0.343 e. The first kappa shape index (κ1) is 19.9. The first-order valence-electron chi connectivity index (χ1n) is 10.3. The quantitative estimate of drug-likeness (QED) is 0.427. The number of hydrogen-bond donors (Lipinski definition) is 0. The summed E-state index contributed by atoms with van der Waals surface area (Å²) >= 11 is 1.65. The summed E-state index contributed by atoms with van der Waals surface area (Å²) in [5, 5.41) is 12.2. The molecule has 1 aliphatic rings. The number of hydrogen-bond acceptors (Lipinski definition) is 2. The number of nitrogens with zero attached hydrogens (tertiary/aromatic N) is 2. The first-order valence-corrected chi connectivity index (χ1v) is 11.5. The number of aromatic nitrogens is 1. The predicted molar refractivity (Wildman–Crippen MR) is 126 cm³/mol. The molecule has 3 aromatic rings. The molecule has 0 fully saturated rings. The minimum absolute atomic E-state index is 0.214. The van der Waals surface area contributed by atoms with Gasteiger partial charge in [0.1, 0.15) is 6.07 Å². The van der Waals surface area contributed by atoms with Crippen LogP contribution in [0.2, 0.25) is 0 Å². The van der Waals surface area contributed by atoms with Crippen LogP contribution in [0.1, 0.15) is 51.2 Å². The van der Waals surface area contributed by atoms with Crippen molar-refractivity contribution >= 4 is 39.6 Å². The van der Waals surface area contributed by atoms with Crippen LogP contribution in [0.3, 0.4) is 0 Å². The third-order valence-corrected chi connectivity index (χ3v) is 7.23. The zero-order valence-corrected chi connectivity index (χ0v) is 18.8. The van der Waals surface area contributed by atoms with E-state index < -0.39 is 0 Å². The Bertz CT molecular complexity index is 1220. The molecule has 0 atom stereocenters. The molecule has 0 spiro atoms. The lowest BCUT2D eigenvalue weighted by atomic mass is 9.72. The molecule has 0 amide bonds. The maximum atomic E-state index is 9.95. The van der Waals surface area contributed by atoms with Crippen LogP contribution in [-0.2, 0) is 7.05 Å². The predicted octanol–water partition coefficient (Wildman–Crippen LogP) is 7.46. The van der Waals surface area contributed by atoms with E-state index in [0.717, 1.165) is 26.7 Å². The summed E-state index contributed by atoms with van der Waals surface area (Å²) in [4.78, 5) is 1.05. The molecule has 3 heteroatoms. The van der Waals surface area contributed by atoms with Crippen LogP contribution in [0, 0.1) is 16.7 Å². The van der Waals surface area contributed by atoms with Crippen molar-refractivity contribution in [3.8, 4) is 6.07 Å². The summed E-state index contributed by atoms with van der Waals surface area (Å²) < 4.78 is 2.24. The fourth-order valence-corrected chi connectivity index (χ4v) is 5.57. The Morgan fingerprint density at radius 1 is 1.21 bits per heavy atom. The number of benzene rings is 2. The first-order chi connectivity index (χ1) is 13.9. The average Bonchev–Trinajstić information content (AvgIpc) is 3.00. The molecule has 148 valence electrons. The van der Waals surface area contributed by atoms with Gasteiger partial charge in [0.05, 0.1) is 11.1 Å². The van der Waals surface area contributed by atoms with E-state index in [9.17, 15) is 5.26 Å². The highest BCUT2D eigenvalue weighted by molar-refractivity contribution is 7.98. The zero-order valence-electron chi connectivity index (χ0n) is 18.0. The van der Waals surface area contributed by atoms with E-state index >= 15 is 0 Å². The van der Waals surface area contributed by atoms with Crippen molar-refractivity contribution in [2.75, 3.05) is 6.26 Å². The Morgan fingerprint density at radius 3 is 2.66 bits per heavy atom. The van der Waals surface area contributed by atoms with E-state index in [1.54, 1.807) is 11.8 Å². The van der Waals surface area contributed by atoms with Crippen LogP contribution in [0.5, 0.6) is 0 Å². The molecule has 1 aromatic heterocycles. The number of nitriles is 1. The lowest BCUT2D eigenvalue weighted by molar-refractivity contribution is 0.377. The molecule has 0 saturated carbocycles. The van der Waals surface area contributed by atoms with Crippen LogP contribution in [0.25, 0.3) is 27.9 Å². The highest BCUT2D eigenvalue weighted by Gasteiger charge is 2.26. The van der Waals surface area contributed by atoms with Crippen molar-refractivity contribution in [2.45, 2.75) is 44.9 Å². The van der Waals surface area contributed by atoms with Crippen molar-refractivity contribution in [1.29, 1.82) is 5.26 Å². The normalized spacial score (nSPS) is 16.8. The van der Waals surface area contributed by atoms with E-state index in [4.69, 9.17) is 0 Å².